The van der Waals surface area contributed by atoms with Crippen molar-refractivity contribution >= 4 is 11.8 Å². The molecular weight excluding hydrogens is 334 g/mol. The predicted octanol–water partition coefficient (Wildman–Crippen LogP) is 1.06. The first-order valence-electron chi connectivity index (χ1n) is 9.31. The number of aryl methyl sites for hydroxylation is 1. The number of urea groups is 1. The lowest BCUT2D eigenvalue weighted by atomic mass is 10.1. The van der Waals surface area contributed by atoms with Crippen LogP contribution in [0.1, 0.15) is 25.5 Å². The molecule has 2 aliphatic rings. The number of likely N-dealkylation sites (tertiary alicyclic amines) is 1. The van der Waals surface area contributed by atoms with Crippen LogP contribution >= 0.6 is 0 Å². The number of piperidine rings is 1. The maximum absolute atomic E-state index is 12.6. The predicted molar refractivity (Wildman–Crippen MR) is 98.3 cm³/mol. The quantitative estimate of drug-likeness (QED) is 0.843. The number of methoxy groups -OCH3 is 2. The summed E-state index contributed by atoms with van der Waals surface area (Å²) < 4.78 is 10.8. The minimum atomic E-state index is -0.0675. The summed E-state index contributed by atoms with van der Waals surface area (Å²) in [6, 6.07) is 2.10. The number of hydrogen-bond donors (Lipinski definition) is 1. The van der Waals surface area contributed by atoms with Gasteiger partial charge < -0.3 is 24.6 Å². The standard InChI is InChI=1S/C18H29N5O3/c1-4-13-8-17(20-12-19-13)22-7-5-6-14(9-22)21-18(24)23-10-15(25-2)16(11-23)26-3/h8,12,14-16H,4-7,9-11H2,1-3H3,(H,21,24)/t14?,15-,16+. The first kappa shape index (κ1) is 18.8. The fourth-order valence-corrected chi connectivity index (χ4v) is 3.68. The molecular formula is C18H29N5O3. The number of ether oxygens (including phenoxy) is 2. The number of carbonyl (C=O) groups is 1. The molecule has 3 heterocycles. The van der Waals surface area contributed by atoms with Gasteiger partial charge in [-0.15, -0.1) is 0 Å². The Bertz CT molecular complexity index is 602. The van der Waals surface area contributed by atoms with Gasteiger partial charge in [0.25, 0.3) is 0 Å². The highest BCUT2D eigenvalue weighted by atomic mass is 16.5. The van der Waals surface area contributed by atoms with Gasteiger partial charge >= 0.3 is 6.03 Å². The van der Waals surface area contributed by atoms with Gasteiger partial charge in [0, 0.05) is 45.1 Å². The van der Waals surface area contributed by atoms with Crippen LogP contribution in [0.4, 0.5) is 10.6 Å². The second-order valence-corrected chi connectivity index (χ2v) is 6.91. The molecule has 0 radical (unpaired) electrons. The number of rotatable bonds is 5. The smallest absolute Gasteiger partial charge is 0.317 e. The van der Waals surface area contributed by atoms with Gasteiger partial charge in [-0.1, -0.05) is 6.92 Å². The van der Waals surface area contributed by atoms with E-state index in [4.69, 9.17) is 9.47 Å². The van der Waals surface area contributed by atoms with E-state index in [1.807, 2.05) is 6.07 Å². The highest BCUT2D eigenvalue weighted by Gasteiger charge is 2.36. The Hall–Kier alpha value is -1.93. The van der Waals surface area contributed by atoms with Gasteiger partial charge in [-0.05, 0) is 19.3 Å². The van der Waals surface area contributed by atoms with E-state index in [1.54, 1.807) is 25.4 Å². The molecule has 0 aromatic carbocycles. The van der Waals surface area contributed by atoms with E-state index in [0.29, 0.717) is 13.1 Å². The fourth-order valence-electron chi connectivity index (χ4n) is 3.68. The summed E-state index contributed by atoms with van der Waals surface area (Å²) in [6.07, 6.45) is 4.38. The van der Waals surface area contributed by atoms with E-state index >= 15 is 0 Å². The molecule has 2 fully saturated rings. The van der Waals surface area contributed by atoms with Crippen LogP contribution in [0.2, 0.25) is 0 Å². The molecule has 0 spiro atoms. The Morgan fingerprint density at radius 3 is 2.62 bits per heavy atom. The second-order valence-electron chi connectivity index (χ2n) is 6.91. The van der Waals surface area contributed by atoms with Crippen LogP contribution < -0.4 is 10.2 Å². The second kappa shape index (κ2) is 8.64. The summed E-state index contributed by atoms with van der Waals surface area (Å²) >= 11 is 0. The molecule has 2 amide bonds. The molecule has 0 saturated carbocycles. The Balaban J connectivity index is 1.57. The van der Waals surface area contributed by atoms with Gasteiger partial charge in [-0.25, -0.2) is 14.8 Å². The maximum Gasteiger partial charge on any atom is 0.317 e. The number of anilines is 1. The van der Waals surface area contributed by atoms with Crippen LogP contribution in [-0.2, 0) is 15.9 Å². The summed E-state index contributed by atoms with van der Waals surface area (Å²) in [5.41, 5.74) is 1.04. The highest BCUT2D eigenvalue weighted by Crippen LogP contribution is 2.20. The van der Waals surface area contributed by atoms with Gasteiger partial charge in [0.1, 0.15) is 24.4 Å². The molecule has 0 aliphatic carbocycles. The minimum Gasteiger partial charge on any atom is -0.377 e. The lowest BCUT2D eigenvalue weighted by molar-refractivity contribution is -0.00461. The van der Waals surface area contributed by atoms with Crippen molar-refractivity contribution in [3.8, 4) is 0 Å². The van der Waals surface area contributed by atoms with Crippen molar-refractivity contribution in [2.45, 2.75) is 44.4 Å². The van der Waals surface area contributed by atoms with Crippen molar-refractivity contribution in [3.05, 3.63) is 18.1 Å². The first-order chi connectivity index (χ1) is 12.6. The summed E-state index contributed by atoms with van der Waals surface area (Å²) in [4.78, 5) is 25.3. The molecule has 1 aromatic rings. The summed E-state index contributed by atoms with van der Waals surface area (Å²) in [7, 11) is 3.31. The number of nitrogens with one attached hydrogen (secondary N) is 1. The van der Waals surface area contributed by atoms with Crippen LogP contribution in [-0.4, -0.2) is 79.5 Å². The zero-order valence-electron chi connectivity index (χ0n) is 15.9. The van der Waals surface area contributed by atoms with Crippen molar-refractivity contribution in [2.75, 3.05) is 45.3 Å². The Morgan fingerprint density at radius 1 is 1.23 bits per heavy atom. The molecule has 1 unspecified atom stereocenters. The molecule has 3 rings (SSSR count). The molecule has 1 N–H and O–H groups in total. The third-order valence-electron chi connectivity index (χ3n) is 5.25. The van der Waals surface area contributed by atoms with E-state index in [9.17, 15) is 4.79 Å². The molecule has 26 heavy (non-hydrogen) atoms. The topological polar surface area (TPSA) is 79.8 Å². The van der Waals surface area contributed by atoms with Crippen LogP contribution in [0.25, 0.3) is 0 Å². The number of amides is 2. The minimum absolute atomic E-state index is 0.0459. The zero-order chi connectivity index (χ0) is 18.5. The average Bonchev–Trinajstić information content (AvgIpc) is 3.12. The van der Waals surface area contributed by atoms with Crippen molar-refractivity contribution < 1.29 is 14.3 Å². The molecule has 8 heteroatoms. The van der Waals surface area contributed by atoms with Gasteiger partial charge in [0.2, 0.25) is 0 Å². The Kier molecular flexibility index (Phi) is 6.26. The van der Waals surface area contributed by atoms with Crippen molar-refractivity contribution in [2.24, 2.45) is 0 Å². The Labute approximate surface area is 154 Å². The molecule has 8 nitrogen and oxygen atoms in total. The first-order valence-corrected chi connectivity index (χ1v) is 9.31. The van der Waals surface area contributed by atoms with E-state index in [1.165, 1.54) is 0 Å². The zero-order valence-corrected chi connectivity index (χ0v) is 15.9. The fraction of sp³-hybridized carbons (Fsp3) is 0.722. The summed E-state index contributed by atoms with van der Waals surface area (Å²) in [6.45, 7) is 4.92. The molecule has 0 bridgehead atoms. The molecule has 3 atom stereocenters. The number of nitrogens with zero attached hydrogens (tertiary/aromatic N) is 4. The molecule has 2 saturated heterocycles. The normalized spacial score (nSPS) is 26.2. The molecule has 1 aromatic heterocycles. The highest BCUT2D eigenvalue weighted by molar-refractivity contribution is 5.75. The lowest BCUT2D eigenvalue weighted by Gasteiger charge is -2.34. The average molecular weight is 363 g/mol. The molecule has 144 valence electrons. The monoisotopic (exact) mass is 363 g/mol. The van der Waals surface area contributed by atoms with E-state index in [-0.39, 0.29) is 24.3 Å². The number of aromatic nitrogens is 2. The Morgan fingerprint density at radius 2 is 1.96 bits per heavy atom. The summed E-state index contributed by atoms with van der Waals surface area (Å²) in [5, 5.41) is 3.17. The number of carbonyl (C=O) groups excluding carboxylic acids is 1. The van der Waals surface area contributed by atoms with Gasteiger partial charge in [0.05, 0.1) is 13.1 Å². The van der Waals surface area contributed by atoms with E-state index < -0.39 is 0 Å². The molecule has 2 aliphatic heterocycles. The van der Waals surface area contributed by atoms with Crippen molar-refractivity contribution in [1.29, 1.82) is 0 Å². The van der Waals surface area contributed by atoms with Crippen LogP contribution in [0.5, 0.6) is 0 Å². The third-order valence-corrected chi connectivity index (χ3v) is 5.25. The summed E-state index contributed by atoms with van der Waals surface area (Å²) in [5.74, 6) is 0.941. The maximum atomic E-state index is 12.6. The van der Waals surface area contributed by atoms with Crippen molar-refractivity contribution in [1.82, 2.24) is 20.2 Å². The largest absolute Gasteiger partial charge is 0.377 e. The van der Waals surface area contributed by atoms with E-state index in [2.05, 4.69) is 27.1 Å². The van der Waals surface area contributed by atoms with Crippen LogP contribution in [0.15, 0.2) is 12.4 Å². The lowest BCUT2D eigenvalue weighted by Crippen LogP contribution is -2.51. The third kappa shape index (κ3) is 4.24. The van der Waals surface area contributed by atoms with Crippen LogP contribution in [0, 0.1) is 0 Å². The van der Waals surface area contributed by atoms with Crippen molar-refractivity contribution in [3.63, 3.8) is 0 Å². The SMILES string of the molecule is CCc1cc(N2CCCC(NC(=O)N3C[C@H](OC)[C@H](OC)C3)C2)ncn1. The van der Waals surface area contributed by atoms with Gasteiger partial charge in [0.15, 0.2) is 0 Å². The van der Waals surface area contributed by atoms with Gasteiger partial charge in [-0.3, -0.25) is 0 Å². The van der Waals surface area contributed by atoms with Crippen LogP contribution in [0.3, 0.4) is 0 Å². The number of hydrogen-bond acceptors (Lipinski definition) is 6. The van der Waals surface area contributed by atoms with E-state index in [0.717, 1.165) is 43.9 Å². The van der Waals surface area contributed by atoms with Gasteiger partial charge in [-0.2, -0.15) is 0 Å².